The van der Waals surface area contributed by atoms with Crippen LogP contribution in [0.3, 0.4) is 0 Å². The molecule has 0 spiro atoms. The lowest BCUT2D eigenvalue weighted by Crippen LogP contribution is -2.41. The molecule has 2 fully saturated rings. The van der Waals surface area contributed by atoms with Crippen LogP contribution in [0.5, 0.6) is 0 Å². The van der Waals surface area contributed by atoms with Crippen LogP contribution in [0.15, 0.2) is 12.3 Å². The summed E-state index contributed by atoms with van der Waals surface area (Å²) in [6, 6.07) is 2.05. The van der Waals surface area contributed by atoms with Crippen LogP contribution in [0.25, 0.3) is 10.9 Å². The molecule has 1 aromatic carbocycles. The van der Waals surface area contributed by atoms with Gasteiger partial charge in [-0.2, -0.15) is 5.10 Å². The minimum absolute atomic E-state index is 0.367. The number of hydrogen-bond donors (Lipinski definition) is 0. The van der Waals surface area contributed by atoms with Crippen molar-refractivity contribution in [2.24, 2.45) is 0 Å². The van der Waals surface area contributed by atoms with Crippen LogP contribution in [-0.2, 0) is 9.31 Å². The maximum Gasteiger partial charge on any atom is 0.495 e. The van der Waals surface area contributed by atoms with Gasteiger partial charge in [0.25, 0.3) is 0 Å². The third-order valence-corrected chi connectivity index (χ3v) is 7.66. The summed E-state index contributed by atoms with van der Waals surface area (Å²) in [5, 5.41) is 6.44. The minimum atomic E-state index is -0.401. The summed E-state index contributed by atoms with van der Waals surface area (Å²) < 4.78 is 14.7. The van der Waals surface area contributed by atoms with Gasteiger partial charge in [-0.3, -0.25) is 0 Å². The molecule has 4 nitrogen and oxygen atoms in total. The van der Waals surface area contributed by atoms with E-state index in [0.717, 1.165) is 21.4 Å². The van der Waals surface area contributed by atoms with Gasteiger partial charge in [-0.1, -0.05) is 11.6 Å². The molecule has 1 atom stereocenters. The van der Waals surface area contributed by atoms with Crippen LogP contribution < -0.4 is 5.46 Å². The standard InChI is InChI=1S/C16H20BClIN2O2P/c1-15(2)16(3,4)23-17(22-15)14-10-8-20-21(24-19)12(10)7-11(18)13(14)9-5-6-9/h7-9,24H,5-6H2,1-4H3. The molecule has 0 radical (unpaired) electrons. The first-order chi connectivity index (χ1) is 11.2. The molecular formula is C16H20BClIN2O2P. The summed E-state index contributed by atoms with van der Waals surface area (Å²) in [6.07, 6.45) is 4.83. The molecule has 8 heteroatoms. The fourth-order valence-electron chi connectivity index (χ4n) is 3.24. The molecule has 24 heavy (non-hydrogen) atoms. The summed E-state index contributed by atoms with van der Waals surface area (Å²) in [6.45, 7) is 8.34. The first-order valence-corrected chi connectivity index (χ1v) is 12.6. The molecular weight excluding hydrogens is 456 g/mol. The number of hydrogen-bond acceptors (Lipinski definition) is 3. The van der Waals surface area contributed by atoms with Crippen LogP contribution >= 0.6 is 40.0 Å². The lowest BCUT2D eigenvalue weighted by Gasteiger charge is -2.32. The Labute approximate surface area is 162 Å². The number of nitrogens with zero attached hydrogens (tertiary/aromatic N) is 2. The van der Waals surface area contributed by atoms with Crippen molar-refractivity contribution < 1.29 is 9.31 Å². The lowest BCUT2D eigenvalue weighted by molar-refractivity contribution is 0.00578. The van der Waals surface area contributed by atoms with Crippen LogP contribution in [0, 0.1) is 0 Å². The molecule has 0 bridgehead atoms. The Kier molecular flexibility index (Phi) is 4.25. The molecule has 1 unspecified atom stereocenters. The molecule has 1 saturated carbocycles. The van der Waals surface area contributed by atoms with Gasteiger partial charge in [-0.15, -0.1) is 0 Å². The second-order valence-corrected chi connectivity index (χ2v) is 10.1. The van der Waals surface area contributed by atoms with E-state index in [2.05, 4.69) is 60.9 Å². The third kappa shape index (κ3) is 2.64. The second-order valence-electron chi connectivity index (χ2n) is 7.62. The van der Waals surface area contributed by atoms with Crippen LogP contribution in [0.2, 0.25) is 5.02 Å². The van der Waals surface area contributed by atoms with E-state index in [-0.39, 0.29) is 11.2 Å². The number of halogens is 2. The third-order valence-electron chi connectivity index (χ3n) is 5.46. The molecule has 1 aliphatic carbocycles. The maximum atomic E-state index is 6.70. The minimum Gasteiger partial charge on any atom is -0.399 e. The van der Waals surface area contributed by atoms with Crippen LogP contribution in [0.4, 0.5) is 0 Å². The number of aromatic nitrogens is 2. The normalized spacial score (nSPS) is 23.0. The first kappa shape index (κ1) is 17.5. The van der Waals surface area contributed by atoms with Gasteiger partial charge >= 0.3 is 7.12 Å². The van der Waals surface area contributed by atoms with Crippen molar-refractivity contribution in [1.29, 1.82) is 0 Å². The van der Waals surface area contributed by atoms with Gasteiger partial charge < -0.3 is 9.31 Å². The SMILES string of the molecule is CC1(C)OB(c2c(C3CC3)c(Cl)cc3c2cnn3PI)OC1(C)C. The lowest BCUT2D eigenvalue weighted by atomic mass is 9.73. The zero-order chi connectivity index (χ0) is 17.3. The quantitative estimate of drug-likeness (QED) is 0.368. The molecule has 4 rings (SSSR count). The molecule has 1 aliphatic heterocycles. The predicted octanol–water partition coefficient (Wildman–Crippen LogP) is 4.66. The van der Waals surface area contributed by atoms with E-state index in [1.165, 1.54) is 18.4 Å². The number of rotatable bonds is 3. The van der Waals surface area contributed by atoms with E-state index in [0.29, 0.717) is 12.3 Å². The molecule has 0 amide bonds. The fraction of sp³-hybridized carbons (Fsp3) is 0.562. The Morgan fingerprint density at radius 1 is 1.29 bits per heavy atom. The summed E-state index contributed by atoms with van der Waals surface area (Å²) in [7, 11) is -0.401. The van der Waals surface area contributed by atoms with Crippen molar-refractivity contribution >= 4 is 63.5 Å². The van der Waals surface area contributed by atoms with Gasteiger partial charge in [0.2, 0.25) is 0 Å². The molecule has 0 N–H and O–H groups in total. The summed E-state index contributed by atoms with van der Waals surface area (Å²) >= 11 is 9.04. The topological polar surface area (TPSA) is 36.3 Å². The highest BCUT2D eigenvalue weighted by Crippen LogP contribution is 2.46. The molecule has 2 aromatic rings. The van der Waals surface area contributed by atoms with Gasteiger partial charge in [0, 0.05) is 10.4 Å². The highest BCUT2D eigenvalue weighted by atomic mass is 127. The summed E-state index contributed by atoms with van der Waals surface area (Å²) in [4.78, 5) is 0. The fourth-order valence-corrected chi connectivity index (χ4v) is 5.14. The molecule has 1 saturated heterocycles. The van der Waals surface area contributed by atoms with E-state index >= 15 is 0 Å². The van der Waals surface area contributed by atoms with E-state index in [1.54, 1.807) is 0 Å². The summed E-state index contributed by atoms with van der Waals surface area (Å²) in [5.74, 6) is 0.515. The summed E-state index contributed by atoms with van der Waals surface area (Å²) in [5.41, 5.74) is 2.60. The Hall–Kier alpha value is 0.125. The maximum absolute atomic E-state index is 6.70. The second kappa shape index (κ2) is 5.81. The van der Waals surface area contributed by atoms with E-state index in [1.807, 2.05) is 10.6 Å². The molecule has 1 aromatic heterocycles. The molecule has 2 heterocycles. The Bertz CT molecular complexity index is 806. The Morgan fingerprint density at radius 2 is 1.92 bits per heavy atom. The van der Waals surface area contributed by atoms with E-state index < -0.39 is 7.12 Å². The van der Waals surface area contributed by atoms with Gasteiger partial charge in [0.05, 0.1) is 29.3 Å². The zero-order valence-electron chi connectivity index (χ0n) is 14.2. The molecule has 2 aliphatic rings. The van der Waals surface area contributed by atoms with Gasteiger partial charge in [0.1, 0.15) is 0 Å². The highest BCUT2D eigenvalue weighted by molar-refractivity contribution is 14.2. The smallest absolute Gasteiger partial charge is 0.399 e. The van der Waals surface area contributed by atoms with Gasteiger partial charge in [-0.05, 0) is 85.6 Å². The Balaban J connectivity index is 1.93. The van der Waals surface area contributed by atoms with Crippen molar-refractivity contribution in [3.05, 3.63) is 22.8 Å². The monoisotopic (exact) mass is 476 g/mol. The van der Waals surface area contributed by atoms with Gasteiger partial charge in [0.15, 0.2) is 0 Å². The predicted molar refractivity (Wildman–Crippen MR) is 110 cm³/mol. The number of fused-ring (bicyclic) bond motifs is 1. The van der Waals surface area contributed by atoms with Crippen molar-refractivity contribution in [3.63, 3.8) is 0 Å². The number of benzene rings is 1. The van der Waals surface area contributed by atoms with E-state index in [9.17, 15) is 0 Å². The van der Waals surface area contributed by atoms with Crippen LogP contribution in [0.1, 0.15) is 52.0 Å². The highest BCUT2D eigenvalue weighted by Gasteiger charge is 2.53. The van der Waals surface area contributed by atoms with Crippen molar-refractivity contribution in [2.45, 2.75) is 57.7 Å². The van der Waals surface area contributed by atoms with Crippen LogP contribution in [-0.4, -0.2) is 27.9 Å². The largest absolute Gasteiger partial charge is 0.495 e. The van der Waals surface area contributed by atoms with Crippen molar-refractivity contribution in [3.8, 4) is 0 Å². The van der Waals surface area contributed by atoms with Gasteiger partial charge in [-0.25, -0.2) is 4.45 Å². The average molecular weight is 476 g/mol. The van der Waals surface area contributed by atoms with Crippen molar-refractivity contribution in [1.82, 2.24) is 9.55 Å². The zero-order valence-corrected chi connectivity index (χ0v) is 18.1. The average Bonchev–Trinajstić information content (AvgIpc) is 3.20. The molecule has 128 valence electrons. The van der Waals surface area contributed by atoms with Crippen molar-refractivity contribution in [2.75, 3.05) is 0 Å². The van der Waals surface area contributed by atoms with E-state index in [4.69, 9.17) is 20.9 Å². The Morgan fingerprint density at radius 3 is 2.46 bits per heavy atom. The first-order valence-electron chi connectivity index (χ1n) is 8.17.